The molecule has 0 spiro atoms. The van der Waals surface area contributed by atoms with Crippen molar-refractivity contribution in [3.8, 4) is 0 Å². The second-order valence-electron chi connectivity index (χ2n) is 7.54. The SMILES string of the molecule is CN=C(NCC(C)(C)NS(C)(=O)=O)NCC1(c2ccccc2)CCC1.I. The van der Waals surface area contributed by atoms with E-state index in [2.05, 4.69) is 44.6 Å². The maximum absolute atomic E-state index is 11.4. The predicted molar refractivity (Wildman–Crippen MR) is 119 cm³/mol. The molecule has 0 saturated heterocycles. The van der Waals surface area contributed by atoms with E-state index < -0.39 is 15.6 Å². The second-order valence-corrected chi connectivity index (χ2v) is 9.29. The molecule has 148 valence electrons. The Morgan fingerprint density at radius 2 is 1.81 bits per heavy atom. The molecular formula is C18H31IN4O2S. The van der Waals surface area contributed by atoms with E-state index in [9.17, 15) is 8.42 Å². The van der Waals surface area contributed by atoms with E-state index in [0.29, 0.717) is 12.5 Å². The van der Waals surface area contributed by atoms with Crippen LogP contribution in [-0.4, -0.2) is 46.3 Å². The van der Waals surface area contributed by atoms with E-state index in [1.807, 2.05) is 19.9 Å². The van der Waals surface area contributed by atoms with Gasteiger partial charge in [-0.3, -0.25) is 4.99 Å². The molecule has 0 radical (unpaired) electrons. The number of hydrogen-bond donors (Lipinski definition) is 3. The largest absolute Gasteiger partial charge is 0.356 e. The third-order valence-corrected chi connectivity index (χ3v) is 5.60. The summed E-state index contributed by atoms with van der Waals surface area (Å²) in [5, 5.41) is 6.62. The average molecular weight is 494 g/mol. The highest BCUT2D eigenvalue weighted by atomic mass is 127. The van der Waals surface area contributed by atoms with Gasteiger partial charge in [0.05, 0.1) is 6.26 Å². The van der Waals surface area contributed by atoms with Crippen LogP contribution >= 0.6 is 24.0 Å². The highest BCUT2D eigenvalue weighted by molar-refractivity contribution is 14.0. The normalized spacial score (nSPS) is 17.0. The second kappa shape index (κ2) is 9.36. The van der Waals surface area contributed by atoms with Gasteiger partial charge in [0.2, 0.25) is 10.0 Å². The number of nitrogens with one attached hydrogen (secondary N) is 3. The van der Waals surface area contributed by atoms with Crippen LogP contribution in [0.5, 0.6) is 0 Å². The number of hydrogen-bond acceptors (Lipinski definition) is 3. The van der Waals surface area contributed by atoms with E-state index in [0.717, 1.165) is 6.54 Å². The Bertz CT molecular complexity index is 701. The molecule has 0 aliphatic heterocycles. The third kappa shape index (κ3) is 6.70. The highest BCUT2D eigenvalue weighted by Crippen LogP contribution is 2.43. The van der Waals surface area contributed by atoms with Gasteiger partial charge in [-0.1, -0.05) is 36.8 Å². The zero-order valence-corrected chi connectivity index (χ0v) is 19.1. The predicted octanol–water partition coefficient (Wildman–Crippen LogP) is 2.22. The number of rotatable bonds is 7. The Kier molecular flexibility index (Phi) is 8.34. The van der Waals surface area contributed by atoms with Crippen LogP contribution in [0.2, 0.25) is 0 Å². The Labute approximate surface area is 174 Å². The number of halogens is 1. The van der Waals surface area contributed by atoms with Crippen LogP contribution in [0.1, 0.15) is 38.7 Å². The first-order valence-electron chi connectivity index (χ1n) is 8.65. The van der Waals surface area contributed by atoms with Gasteiger partial charge in [-0.2, -0.15) is 0 Å². The smallest absolute Gasteiger partial charge is 0.209 e. The molecule has 6 nitrogen and oxygen atoms in total. The van der Waals surface area contributed by atoms with Crippen molar-refractivity contribution in [3.63, 3.8) is 0 Å². The zero-order valence-electron chi connectivity index (χ0n) is 16.0. The van der Waals surface area contributed by atoms with Crippen molar-refractivity contribution in [2.45, 2.75) is 44.1 Å². The first-order valence-corrected chi connectivity index (χ1v) is 10.5. The lowest BCUT2D eigenvalue weighted by Crippen LogP contribution is -2.54. The molecule has 1 saturated carbocycles. The molecule has 1 aromatic rings. The molecule has 8 heteroatoms. The van der Waals surface area contributed by atoms with Crippen LogP contribution in [0.25, 0.3) is 0 Å². The van der Waals surface area contributed by atoms with Crippen LogP contribution in [0, 0.1) is 0 Å². The molecule has 3 N–H and O–H groups in total. The molecule has 2 rings (SSSR count). The van der Waals surface area contributed by atoms with E-state index in [-0.39, 0.29) is 29.4 Å². The standard InChI is InChI=1S/C18H30N4O2S.HI/c1-17(2,22-25(4,23)24)13-20-16(19-3)21-14-18(11-8-12-18)15-9-6-5-7-10-15;/h5-7,9-10,22H,8,11-14H2,1-4H3,(H2,19,20,21);1H. The Balaban J connectivity index is 0.00000338. The fourth-order valence-electron chi connectivity index (χ4n) is 3.28. The summed E-state index contributed by atoms with van der Waals surface area (Å²) in [5.74, 6) is 0.686. The summed E-state index contributed by atoms with van der Waals surface area (Å²) in [5.41, 5.74) is 0.932. The topological polar surface area (TPSA) is 82.6 Å². The molecule has 0 aromatic heterocycles. The fourth-order valence-corrected chi connectivity index (χ4v) is 4.35. The molecule has 1 aromatic carbocycles. The van der Waals surface area contributed by atoms with Crippen LogP contribution < -0.4 is 15.4 Å². The molecular weight excluding hydrogens is 463 g/mol. The van der Waals surface area contributed by atoms with Gasteiger partial charge in [-0.05, 0) is 32.3 Å². The first kappa shape index (κ1) is 23.2. The van der Waals surface area contributed by atoms with Gasteiger partial charge in [0.25, 0.3) is 0 Å². The van der Waals surface area contributed by atoms with Crippen LogP contribution in [0.3, 0.4) is 0 Å². The van der Waals surface area contributed by atoms with Gasteiger partial charge < -0.3 is 10.6 Å². The van der Waals surface area contributed by atoms with Crippen molar-refractivity contribution < 1.29 is 8.42 Å². The minimum Gasteiger partial charge on any atom is -0.356 e. The van der Waals surface area contributed by atoms with Crippen LogP contribution in [0.4, 0.5) is 0 Å². The van der Waals surface area contributed by atoms with E-state index in [1.54, 1.807) is 7.05 Å². The summed E-state index contributed by atoms with van der Waals surface area (Å²) >= 11 is 0. The van der Waals surface area contributed by atoms with Gasteiger partial charge in [-0.25, -0.2) is 13.1 Å². The first-order chi connectivity index (χ1) is 11.7. The monoisotopic (exact) mass is 494 g/mol. The maximum atomic E-state index is 11.4. The Morgan fingerprint density at radius 1 is 1.19 bits per heavy atom. The number of aliphatic imine (C=N–C) groups is 1. The number of benzene rings is 1. The van der Waals surface area contributed by atoms with E-state index >= 15 is 0 Å². The lowest BCUT2D eigenvalue weighted by molar-refractivity contribution is 0.243. The number of sulfonamides is 1. The van der Waals surface area contributed by atoms with Crippen molar-refractivity contribution in [3.05, 3.63) is 35.9 Å². The lowest BCUT2D eigenvalue weighted by Gasteiger charge is -2.43. The van der Waals surface area contributed by atoms with Gasteiger partial charge in [-0.15, -0.1) is 24.0 Å². The molecule has 1 aliphatic rings. The minimum absolute atomic E-state index is 0. The van der Waals surface area contributed by atoms with Crippen molar-refractivity contribution in [1.82, 2.24) is 15.4 Å². The van der Waals surface area contributed by atoms with Crippen molar-refractivity contribution in [2.75, 3.05) is 26.4 Å². The molecule has 0 atom stereocenters. The van der Waals surface area contributed by atoms with Gasteiger partial charge in [0.1, 0.15) is 0 Å². The lowest BCUT2D eigenvalue weighted by atomic mass is 9.64. The van der Waals surface area contributed by atoms with Crippen molar-refractivity contribution in [2.24, 2.45) is 4.99 Å². The molecule has 1 aliphatic carbocycles. The summed E-state index contributed by atoms with van der Waals surface area (Å²) in [6, 6.07) is 10.6. The summed E-state index contributed by atoms with van der Waals surface area (Å²) in [7, 11) is -1.53. The van der Waals surface area contributed by atoms with Gasteiger partial charge in [0.15, 0.2) is 5.96 Å². The maximum Gasteiger partial charge on any atom is 0.209 e. The quantitative estimate of drug-likeness (QED) is 0.309. The summed E-state index contributed by atoms with van der Waals surface area (Å²) in [4.78, 5) is 4.26. The highest BCUT2D eigenvalue weighted by Gasteiger charge is 2.38. The Morgan fingerprint density at radius 3 is 2.27 bits per heavy atom. The van der Waals surface area contributed by atoms with E-state index in [4.69, 9.17) is 0 Å². The molecule has 1 fully saturated rings. The third-order valence-electron chi connectivity index (χ3n) is 4.67. The van der Waals surface area contributed by atoms with Crippen LogP contribution in [-0.2, 0) is 15.4 Å². The van der Waals surface area contributed by atoms with Gasteiger partial charge in [0, 0.05) is 31.1 Å². The van der Waals surface area contributed by atoms with E-state index in [1.165, 1.54) is 31.1 Å². The molecule has 0 amide bonds. The van der Waals surface area contributed by atoms with Crippen molar-refractivity contribution >= 4 is 40.0 Å². The Hall–Kier alpha value is -0.870. The summed E-state index contributed by atoms with van der Waals surface area (Å²) in [6.07, 6.45) is 4.75. The van der Waals surface area contributed by atoms with Gasteiger partial charge >= 0.3 is 0 Å². The average Bonchev–Trinajstić information content (AvgIpc) is 2.48. The number of nitrogens with zero attached hydrogens (tertiary/aromatic N) is 1. The molecule has 0 heterocycles. The van der Waals surface area contributed by atoms with Crippen molar-refractivity contribution in [1.29, 1.82) is 0 Å². The molecule has 0 bridgehead atoms. The molecule has 26 heavy (non-hydrogen) atoms. The summed E-state index contributed by atoms with van der Waals surface area (Å²) in [6.45, 7) is 4.94. The fraction of sp³-hybridized carbons (Fsp3) is 0.611. The number of guanidine groups is 1. The minimum atomic E-state index is -3.25. The molecule has 0 unspecified atom stereocenters. The zero-order chi connectivity index (χ0) is 18.6. The summed E-state index contributed by atoms with van der Waals surface area (Å²) < 4.78 is 25.5. The van der Waals surface area contributed by atoms with Crippen LogP contribution in [0.15, 0.2) is 35.3 Å².